The molecule has 1 N–H and O–H groups in total. The molecule has 3 heterocycles. The van der Waals surface area contributed by atoms with Crippen LogP contribution in [0.4, 0.5) is 33.6 Å². The first-order valence-corrected chi connectivity index (χ1v) is 16.7. The van der Waals surface area contributed by atoms with Crippen LogP contribution in [0, 0.1) is 0 Å². The third-order valence-corrected chi connectivity index (χ3v) is 8.40. The van der Waals surface area contributed by atoms with Gasteiger partial charge >= 0.3 is 6.09 Å². The van der Waals surface area contributed by atoms with E-state index in [2.05, 4.69) is 44.2 Å². The molecule has 2 aliphatic rings. The van der Waals surface area contributed by atoms with Crippen LogP contribution >= 0.6 is 0 Å². The average molecular weight is 661 g/mol. The summed E-state index contributed by atoms with van der Waals surface area (Å²) >= 11 is 0. The Morgan fingerprint density at radius 3 is 2.35 bits per heavy atom. The fourth-order valence-corrected chi connectivity index (χ4v) is 5.99. The van der Waals surface area contributed by atoms with Gasteiger partial charge < -0.3 is 29.5 Å². The molecule has 1 unspecified atom stereocenters. The summed E-state index contributed by atoms with van der Waals surface area (Å²) in [5, 5.41) is 3.29. The molecular formula is C36H52N8O4. The molecule has 48 heavy (non-hydrogen) atoms. The van der Waals surface area contributed by atoms with Crippen molar-refractivity contribution in [3.63, 3.8) is 0 Å². The van der Waals surface area contributed by atoms with Crippen molar-refractivity contribution in [3.05, 3.63) is 59.8 Å². The fourth-order valence-electron chi connectivity index (χ4n) is 5.99. The summed E-state index contributed by atoms with van der Waals surface area (Å²) in [7, 11) is 7.47. The van der Waals surface area contributed by atoms with Crippen LogP contribution < -0.4 is 24.8 Å². The summed E-state index contributed by atoms with van der Waals surface area (Å²) < 4.78 is 11.4. The zero-order chi connectivity index (χ0) is 35.0. The molecule has 2 aliphatic heterocycles. The molecule has 12 nitrogen and oxygen atoms in total. The average Bonchev–Trinajstić information content (AvgIpc) is 3.08. The van der Waals surface area contributed by atoms with E-state index in [1.165, 1.54) is 10.6 Å². The quantitative estimate of drug-likeness (QED) is 0.278. The lowest BCUT2D eigenvalue weighted by Gasteiger charge is -2.39. The molecule has 260 valence electrons. The molecule has 0 bridgehead atoms. The minimum Gasteiger partial charge on any atom is -0.495 e. The molecule has 3 aromatic rings. The van der Waals surface area contributed by atoms with Gasteiger partial charge in [0.15, 0.2) is 0 Å². The van der Waals surface area contributed by atoms with Crippen molar-refractivity contribution in [2.45, 2.75) is 59.2 Å². The van der Waals surface area contributed by atoms with E-state index in [-0.39, 0.29) is 6.04 Å². The van der Waals surface area contributed by atoms with Gasteiger partial charge in [0.05, 0.1) is 12.8 Å². The van der Waals surface area contributed by atoms with E-state index < -0.39 is 11.7 Å². The van der Waals surface area contributed by atoms with E-state index in [0.717, 1.165) is 49.4 Å². The molecule has 0 saturated carbocycles. The Balaban J connectivity index is 0.00000255. The van der Waals surface area contributed by atoms with E-state index in [0.29, 0.717) is 42.7 Å². The summed E-state index contributed by atoms with van der Waals surface area (Å²) in [5.74, 6) is 1.53. The first kappa shape index (κ1) is 36.4. The Hall–Kier alpha value is -4.42. The molecule has 1 saturated heterocycles. The van der Waals surface area contributed by atoms with Crippen LogP contribution in [0.1, 0.15) is 58.2 Å². The maximum absolute atomic E-state index is 13.2. The number of nitrogens with zero attached hydrogens (tertiary/aromatic N) is 7. The lowest BCUT2D eigenvalue weighted by molar-refractivity contribution is -0.107. The van der Waals surface area contributed by atoms with Crippen molar-refractivity contribution in [1.29, 1.82) is 0 Å². The number of para-hydroxylation sites is 1. The number of amides is 2. The molecule has 2 amide bonds. The van der Waals surface area contributed by atoms with Crippen LogP contribution in [0.3, 0.4) is 0 Å². The number of hydrogen-bond donors (Lipinski definition) is 1. The highest BCUT2D eigenvalue weighted by molar-refractivity contribution is 5.92. The van der Waals surface area contributed by atoms with Crippen LogP contribution in [0.25, 0.3) is 0 Å². The Morgan fingerprint density at radius 1 is 1.04 bits per heavy atom. The molecule has 1 fully saturated rings. The maximum atomic E-state index is 13.2. The van der Waals surface area contributed by atoms with E-state index in [1.54, 1.807) is 25.3 Å². The number of carbonyl (C=O) groups is 2. The number of ether oxygens (including phenoxy) is 2. The standard InChI is InChI=1S/C34H46N8O4.C2H6/c1-34(2,3)46-33(44)42-16-15-28(27-9-8-10-29(45-7)30(27)42)39(5)22-24-21-35-32(37-31(24)40(6)23-43)36-25-11-13-26(14-12-25)41-19-17-38(4)18-20-41;1-2/h8-14,21,23,28H,15-20,22H2,1-7H3,(H,35,36,37);1-2H3. The minimum atomic E-state index is -0.622. The first-order chi connectivity index (χ1) is 23.0. The van der Waals surface area contributed by atoms with E-state index >= 15 is 0 Å². The van der Waals surface area contributed by atoms with E-state index in [4.69, 9.17) is 14.5 Å². The number of piperazine rings is 1. The second-order valence-electron chi connectivity index (χ2n) is 13.0. The van der Waals surface area contributed by atoms with Crippen LogP contribution in [0.5, 0.6) is 5.75 Å². The number of benzene rings is 2. The number of hydrogen-bond acceptors (Lipinski definition) is 10. The SMILES string of the molecule is CC.COc1cccc2c1N(C(=O)OC(C)(C)C)CCC2N(C)Cc1cnc(Nc2ccc(N3CCN(C)CC3)cc2)nc1N(C)C=O. The van der Waals surface area contributed by atoms with Crippen molar-refractivity contribution in [2.75, 3.05) is 81.0 Å². The molecule has 2 aromatic carbocycles. The van der Waals surface area contributed by atoms with Gasteiger partial charge in [0.2, 0.25) is 12.4 Å². The number of nitrogens with one attached hydrogen (secondary N) is 1. The van der Waals surface area contributed by atoms with Gasteiger partial charge in [-0.05, 0) is 77.2 Å². The summed E-state index contributed by atoms with van der Waals surface area (Å²) in [6.45, 7) is 14.6. The van der Waals surface area contributed by atoms with Crippen LogP contribution in [0.2, 0.25) is 0 Å². The highest BCUT2D eigenvalue weighted by atomic mass is 16.6. The van der Waals surface area contributed by atoms with Gasteiger partial charge in [-0.2, -0.15) is 4.98 Å². The Morgan fingerprint density at radius 2 is 1.73 bits per heavy atom. The summed E-state index contributed by atoms with van der Waals surface area (Å²) in [6.07, 6.45) is 2.79. The maximum Gasteiger partial charge on any atom is 0.414 e. The molecule has 0 radical (unpaired) electrons. The highest BCUT2D eigenvalue weighted by Crippen LogP contribution is 2.43. The molecule has 5 rings (SSSR count). The summed E-state index contributed by atoms with van der Waals surface area (Å²) in [5.41, 5.74) is 3.90. The number of likely N-dealkylation sites (N-methyl/N-ethyl adjacent to an activating group) is 1. The number of rotatable bonds is 9. The number of fused-ring (bicyclic) bond motifs is 1. The van der Waals surface area contributed by atoms with Gasteiger partial charge in [-0.25, -0.2) is 9.78 Å². The Kier molecular flexibility index (Phi) is 12.2. The number of aromatic nitrogens is 2. The minimum absolute atomic E-state index is 0.0326. The molecule has 0 spiro atoms. The lowest BCUT2D eigenvalue weighted by Crippen LogP contribution is -2.44. The monoisotopic (exact) mass is 660 g/mol. The topological polar surface area (TPSA) is 107 Å². The molecule has 12 heteroatoms. The van der Waals surface area contributed by atoms with Crippen molar-refractivity contribution in [3.8, 4) is 5.75 Å². The van der Waals surface area contributed by atoms with Gasteiger partial charge in [-0.3, -0.25) is 14.6 Å². The molecule has 0 aliphatic carbocycles. The molecule has 1 aromatic heterocycles. The summed E-state index contributed by atoms with van der Waals surface area (Å²) in [4.78, 5) is 44.5. The van der Waals surface area contributed by atoms with Crippen molar-refractivity contribution < 1.29 is 19.1 Å². The largest absolute Gasteiger partial charge is 0.495 e. The fraction of sp³-hybridized carbons (Fsp3) is 0.500. The zero-order valence-electron chi connectivity index (χ0n) is 30.0. The predicted octanol–water partition coefficient (Wildman–Crippen LogP) is 5.92. The third kappa shape index (κ3) is 8.73. The smallest absolute Gasteiger partial charge is 0.414 e. The number of anilines is 5. The lowest BCUT2D eigenvalue weighted by atomic mass is 9.94. The van der Waals surface area contributed by atoms with Crippen LogP contribution in [-0.4, -0.2) is 98.8 Å². The Bertz CT molecular complexity index is 1520. The highest BCUT2D eigenvalue weighted by Gasteiger charge is 2.35. The van der Waals surface area contributed by atoms with E-state index in [1.807, 2.05) is 72.0 Å². The van der Waals surface area contributed by atoms with Gasteiger partial charge in [-0.15, -0.1) is 0 Å². The van der Waals surface area contributed by atoms with E-state index in [9.17, 15) is 9.59 Å². The van der Waals surface area contributed by atoms with Gasteiger partial charge in [0.25, 0.3) is 0 Å². The third-order valence-electron chi connectivity index (χ3n) is 8.40. The second-order valence-corrected chi connectivity index (χ2v) is 13.0. The first-order valence-electron chi connectivity index (χ1n) is 16.7. The summed E-state index contributed by atoms with van der Waals surface area (Å²) in [6, 6.07) is 14.0. The predicted molar refractivity (Wildman–Crippen MR) is 193 cm³/mol. The van der Waals surface area contributed by atoms with Crippen molar-refractivity contribution in [1.82, 2.24) is 19.8 Å². The van der Waals surface area contributed by atoms with Crippen LogP contribution in [0.15, 0.2) is 48.7 Å². The normalized spacial score (nSPS) is 16.4. The zero-order valence-corrected chi connectivity index (χ0v) is 30.0. The van der Waals surface area contributed by atoms with Crippen molar-refractivity contribution in [2.24, 2.45) is 0 Å². The van der Waals surface area contributed by atoms with Gasteiger partial charge in [-0.1, -0.05) is 26.0 Å². The number of methoxy groups -OCH3 is 1. The van der Waals surface area contributed by atoms with Gasteiger partial charge in [0, 0.05) is 75.5 Å². The number of carbonyl (C=O) groups excluding carboxylic acids is 2. The Labute approximate surface area is 285 Å². The second kappa shape index (κ2) is 16.1. The van der Waals surface area contributed by atoms with Crippen LogP contribution in [-0.2, 0) is 16.1 Å². The van der Waals surface area contributed by atoms with Gasteiger partial charge in [0.1, 0.15) is 17.2 Å². The molecular weight excluding hydrogens is 608 g/mol. The van der Waals surface area contributed by atoms with Crippen molar-refractivity contribution >= 4 is 41.3 Å². The molecule has 1 atom stereocenters.